The normalized spacial score (nSPS) is 18.2. The summed E-state index contributed by atoms with van der Waals surface area (Å²) in [6.07, 6.45) is 6.93. The van der Waals surface area contributed by atoms with Crippen LogP contribution in [0.15, 0.2) is 11.8 Å². The highest BCUT2D eigenvalue weighted by atomic mass is 16.5. The highest BCUT2D eigenvalue weighted by molar-refractivity contribution is 4.96. The van der Waals surface area contributed by atoms with E-state index in [4.69, 9.17) is 9.84 Å². The molecule has 0 radical (unpaired) electrons. The number of hydrogen-bond donors (Lipinski definition) is 1. The Bertz CT molecular complexity index is 183. The molecule has 1 rings (SSSR count). The number of aliphatic hydroxyl groups excluding tert-OH is 1. The first-order chi connectivity index (χ1) is 6.14. The molecule has 0 bridgehead atoms. The molecule has 13 heavy (non-hydrogen) atoms. The SMILES string of the molecule is CC(C)(CO)COC1=CCCCC1. The van der Waals surface area contributed by atoms with Crippen molar-refractivity contribution >= 4 is 0 Å². The maximum Gasteiger partial charge on any atom is 0.0950 e. The van der Waals surface area contributed by atoms with Crippen LogP contribution in [0.2, 0.25) is 0 Å². The van der Waals surface area contributed by atoms with Crippen molar-refractivity contribution in [2.24, 2.45) is 5.41 Å². The van der Waals surface area contributed by atoms with Gasteiger partial charge < -0.3 is 9.84 Å². The van der Waals surface area contributed by atoms with Crippen molar-refractivity contribution in [2.75, 3.05) is 13.2 Å². The second-order valence-electron chi connectivity index (χ2n) is 4.53. The van der Waals surface area contributed by atoms with Crippen molar-refractivity contribution in [3.05, 3.63) is 11.8 Å². The average molecular weight is 184 g/mol. The van der Waals surface area contributed by atoms with E-state index in [0.29, 0.717) is 6.61 Å². The molecular weight excluding hydrogens is 164 g/mol. The molecular formula is C11H20O2. The third kappa shape index (κ3) is 3.81. The Kier molecular flexibility index (Phi) is 3.79. The van der Waals surface area contributed by atoms with Gasteiger partial charge in [0.05, 0.1) is 19.0 Å². The Morgan fingerprint density at radius 3 is 2.77 bits per heavy atom. The Morgan fingerprint density at radius 2 is 2.23 bits per heavy atom. The van der Waals surface area contributed by atoms with Crippen LogP contribution in [0, 0.1) is 5.41 Å². The van der Waals surface area contributed by atoms with Crippen LogP contribution in [-0.2, 0) is 4.74 Å². The van der Waals surface area contributed by atoms with Crippen molar-refractivity contribution in [3.8, 4) is 0 Å². The Balaban J connectivity index is 2.29. The zero-order valence-corrected chi connectivity index (χ0v) is 8.68. The lowest BCUT2D eigenvalue weighted by Crippen LogP contribution is -2.23. The fourth-order valence-corrected chi connectivity index (χ4v) is 1.27. The number of aliphatic hydroxyl groups is 1. The van der Waals surface area contributed by atoms with Crippen molar-refractivity contribution in [3.63, 3.8) is 0 Å². The molecule has 0 aromatic heterocycles. The molecule has 0 unspecified atom stereocenters. The van der Waals surface area contributed by atoms with Crippen LogP contribution < -0.4 is 0 Å². The first kappa shape index (κ1) is 10.6. The van der Waals surface area contributed by atoms with Gasteiger partial charge >= 0.3 is 0 Å². The fourth-order valence-electron chi connectivity index (χ4n) is 1.27. The topological polar surface area (TPSA) is 29.5 Å². The molecule has 1 N–H and O–H groups in total. The molecule has 0 aliphatic heterocycles. The van der Waals surface area contributed by atoms with Crippen LogP contribution in [0.5, 0.6) is 0 Å². The quantitative estimate of drug-likeness (QED) is 0.727. The van der Waals surface area contributed by atoms with Crippen molar-refractivity contribution in [2.45, 2.75) is 39.5 Å². The van der Waals surface area contributed by atoms with Crippen LogP contribution >= 0.6 is 0 Å². The number of allylic oxidation sites excluding steroid dienone is 2. The second-order valence-corrected chi connectivity index (χ2v) is 4.53. The molecule has 0 aromatic carbocycles. The van der Waals surface area contributed by atoms with Gasteiger partial charge in [0.25, 0.3) is 0 Å². The van der Waals surface area contributed by atoms with Gasteiger partial charge in [0.1, 0.15) is 0 Å². The van der Waals surface area contributed by atoms with E-state index in [1.807, 2.05) is 13.8 Å². The Hall–Kier alpha value is -0.500. The zero-order valence-electron chi connectivity index (χ0n) is 8.68. The summed E-state index contributed by atoms with van der Waals surface area (Å²) in [4.78, 5) is 0. The maximum atomic E-state index is 9.02. The highest BCUT2D eigenvalue weighted by Gasteiger charge is 2.18. The minimum atomic E-state index is -0.113. The summed E-state index contributed by atoms with van der Waals surface area (Å²) in [5.74, 6) is 1.12. The van der Waals surface area contributed by atoms with Crippen molar-refractivity contribution in [1.29, 1.82) is 0 Å². The third-order valence-corrected chi connectivity index (χ3v) is 2.33. The lowest BCUT2D eigenvalue weighted by molar-refractivity contribution is 0.0576. The number of rotatable bonds is 4. The van der Waals surface area contributed by atoms with E-state index in [2.05, 4.69) is 6.08 Å². The minimum absolute atomic E-state index is 0.113. The smallest absolute Gasteiger partial charge is 0.0950 e. The van der Waals surface area contributed by atoms with Gasteiger partial charge in [-0.2, -0.15) is 0 Å². The third-order valence-electron chi connectivity index (χ3n) is 2.33. The van der Waals surface area contributed by atoms with E-state index in [1.54, 1.807) is 0 Å². The van der Waals surface area contributed by atoms with Crippen molar-refractivity contribution < 1.29 is 9.84 Å². The van der Waals surface area contributed by atoms with Crippen LogP contribution in [0.4, 0.5) is 0 Å². The molecule has 2 heteroatoms. The van der Waals surface area contributed by atoms with E-state index in [1.165, 1.54) is 12.8 Å². The lowest BCUT2D eigenvalue weighted by atomic mass is 9.96. The fraction of sp³-hybridized carbons (Fsp3) is 0.818. The van der Waals surface area contributed by atoms with Crippen LogP contribution in [-0.4, -0.2) is 18.3 Å². The monoisotopic (exact) mass is 184 g/mol. The Labute approximate surface area is 80.6 Å². The predicted molar refractivity (Wildman–Crippen MR) is 53.4 cm³/mol. The number of ether oxygens (including phenoxy) is 1. The first-order valence-electron chi connectivity index (χ1n) is 5.07. The molecule has 0 atom stereocenters. The maximum absolute atomic E-state index is 9.02. The van der Waals surface area contributed by atoms with E-state index in [0.717, 1.165) is 18.6 Å². The molecule has 0 heterocycles. The van der Waals surface area contributed by atoms with Crippen LogP contribution in [0.3, 0.4) is 0 Å². The molecule has 0 fully saturated rings. The van der Waals surface area contributed by atoms with Crippen LogP contribution in [0.1, 0.15) is 39.5 Å². The summed E-state index contributed by atoms with van der Waals surface area (Å²) in [7, 11) is 0. The minimum Gasteiger partial charge on any atom is -0.498 e. The largest absolute Gasteiger partial charge is 0.498 e. The number of hydrogen-bond acceptors (Lipinski definition) is 2. The summed E-state index contributed by atoms with van der Waals surface area (Å²) in [5.41, 5.74) is -0.113. The Morgan fingerprint density at radius 1 is 1.46 bits per heavy atom. The van der Waals surface area contributed by atoms with E-state index < -0.39 is 0 Å². The molecule has 0 amide bonds. The zero-order chi connectivity index (χ0) is 9.73. The highest BCUT2D eigenvalue weighted by Crippen LogP contribution is 2.22. The van der Waals surface area contributed by atoms with Gasteiger partial charge in [-0.15, -0.1) is 0 Å². The summed E-state index contributed by atoms with van der Waals surface area (Å²) >= 11 is 0. The van der Waals surface area contributed by atoms with Gasteiger partial charge in [-0.05, 0) is 25.3 Å². The second kappa shape index (κ2) is 4.66. The molecule has 0 spiro atoms. The lowest BCUT2D eigenvalue weighted by Gasteiger charge is -2.24. The van der Waals surface area contributed by atoms with Crippen molar-refractivity contribution in [1.82, 2.24) is 0 Å². The summed E-state index contributed by atoms with van der Waals surface area (Å²) in [5, 5.41) is 9.02. The molecule has 0 saturated heterocycles. The van der Waals surface area contributed by atoms with Gasteiger partial charge in [-0.3, -0.25) is 0 Å². The van der Waals surface area contributed by atoms with E-state index in [-0.39, 0.29) is 12.0 Å². The predicted octanol–water partition coefficient (Wildman–Crippen LogP) is 2.48. The summed E-state index contributed by atoms with van der Waals surface area (Å²) in [6.45, 7) is 4.82. The molecule has 76 valence electrons. The molecule has 1 aliphatic rings. The average Bonchev–Trinajstić information content (AvgIpc) is 2.17. The first-order valence-corrected chi connectivity index (χ1v) is 5.07. The standard InChI is InChI=1S/C11H20O2/c1-11(2,8-12)9-13-10-6-4-3-5-7-10/h6,12H,3-5,7-9H2,1-2H3. The van der Waals surface area contributed by atoms with E-state index >= 15 is 0 Å². The summed E-state index contributed by atoms with van der Waals surface area (Å²) < 4.78 is 5.64. The molecule has 1 aliphatic carbocycles. The van der Waals surface area contributed by atoms with Gasteiger partial charge in [0.2, 0.25) is 0 Å². The molecule has 0 saturated carbocycles. The molecule has 2 nitrogen and oxygen atoms in total. The van der Waals surface area contributed by atoms with Gasteiger partial charge in [0.15, 0.2) is 0 Å². The van der Waals surface area contributed by atoms with E-state index in [9.17, 15) is 0 Å². The van der Waals surface area contributed by atoms with Gasteiger partial charge in [0, 0.05) is 11.8 Å². The van der Waals surface area contributed by atoms with Gasteiger partial charge in [-0.25, -0.2) is 0 Å². The summed E-state index contributed by atoms with van der Waals surface area (Å²) in [6, 6.07) is 0. The van der Waals surface area contributed by atoms with Crippen LogP contribution in [0.25, 0.3) is 0 Å². The molecule has 0 aromatic rings. The van der Waals surface area contributed by atoms with Gasteiger partial charge in [-0.1, -0.05) is 13.8 Å².